The smallest absolute Gasteiger partial charge is 0.308 e. The predicted molar refractivity (Wildman–Crippen MR) is 75.7 cm³/mol. The van der Waals surface area contributed by atoms with Crippen molar-refractivity contribution in [3.05, 3.63) is 0 Å². The molecule has 112 valence electrons. The van der Waals surface area contributed by atoms with E-state index in [9.17, 15) is 9.59 Å². The SMILES string of the molecule is CCCCC(N)C(=O)NCC(CC(C)(C)C)C(=O)O. The van der Waals surface area contributed by atoms with Crippen LogP contribution >= 0.6 is 0 Å². The summed E-state index contributed by atoms with van der Waals surface area (Å²) in [5.74, 6) is -1.70. The molecule has 0 rings (SSSR count). The minimum absolute atomic E-state index is 0.0852. The summed E-state index contributed by atoms with van der Waals surface area (Å²) in [6, 6.07) is -0.538. The molecule has 5 nitrogen and oxygen atoms in total. The zero-order valence-corrected chi connectivity index (χ0v) is 12.5. The van der Waals surface area contributed by atoms with Crippen LogP contribution in [0, 0.1) is 11.3 Å². The summed E-state index contributed by atoms with van der Waals surface area (Å²) >= 11 is 0. The molecule has 0 aromatic heterocycles. The Bertz CT molecular complexity index is 298. The van der Waals surface area contributed by atoms with Crippen LogP contribution < -0.4 is 11.1 Å². The second kappa shape index (κ2) is 8.15. The molecule has 4 N–H and O–H groups in total. The van der Waals surface area contributed by atoms with E-state index < -0.39 is 17.9 Å². The van der Waals surface area contributed by atoms with Crippen molar-refractivity contribution < 1.29 is 14.7 Å². The summed E-state index contributed by atoms with van der Waals surface area (Å²) in [6.45, 7) is 8.13. The minimum atomic E-state index is -0.877. The number of carbonyl (C=O) groups excluding carboxylic acids is 1. The first kappa shape index (κ1) is 17.9. The number of nitrogens with one attached hydrogen (secondary N) is 1. The molecule has 0 aliphatic rings. The quantitative estimate of drug-likeness (QED) is 0.627. The van der Waals surface area contributed by atoms with Crippen molar-refractivity contribution in [2.45, 2.75) is 59.4 Å². The second-order valence-corrected chi connectivity index (χ2v) is 6.29. The van der Waals surface area contributed by atoms with Crippen molar-refractivity contribution in [1.82, 2.24) is 5.32 Å². The molecular formula is C14H28N2O3. The summed E-state index contributed by atoms with van der Waals surface area (Å²) in [7, 11) is 0. The molecule has 0 aliphatic heterocycles. The average Bonchev–Trinajstić information content (AvgIpc) is 2.29. The number of carboxylic acid groups (broad SMARTS) is 1. The van der Waals surface area contributed by atoms with Crippen LogP contribution in [0.15, 0.2) is 0 Å². The van der Waals surface area contributed by atoms with Crippen LogP contribution in [-0.4, -0.2) is 29.6 Å². The van der Waals surface area contributed by atoms with Crippen molar-refractivity contribution in [1.29, 1.82) is 0 Å². The monoisotopic (exact) mass is 272 g/mol. The summed E-state index contributed by atoms with van der Waals surface area (Å²) < 4.78 is 0. The van der Waals surface area contributed by atoms with E-state index in [0.717, 1.165) is 12.8 Å². The normalized spacial score (nSPS) is 14.8. The molecule has 0 aliphatic carbocycles. The third-order valence-electron chi connectivity index (χ3n) is 2.94. The number of carboxylic acids is 1. The highest BCUT2D eigenvalue weighted by atomic mass is 16.4. The van der Waals surface area contributed by atoms with Crippen LogP contribution in [0.1, 0.15) is 53.4 Å². The molecule has 0 spiro atoms. The maximum atomic E-state index is 11.7. The van der Waals surface area contributed by atoms with E-state index in [4.69, 9.17) is 10.8 Å². The van der Waals surface area contributed by atoms with Crippen LogP contribution in [0.2, 0.25) is 0 Å². The fourth-order valence-corrected chi connectivity index (χ4v) is 1.90. The molecule has 0 heterocycles. The van der Waals surface area contributed by atoms with Gasteiger partial charge in [0.1, 0.15) is 0 Å². The first-order valence-electron chi connectivity index (χ1n) is 6.93. The summed E-state index contributed by atoms with van der Waals surface area (Å²) in [4.78, 5) is 22.9. The molecule has 0 aromatic carbocycles. The van der Waals surface area contributed by atoms with Crippen molar-refractivity contribution in [2.24, 2.45) is 17.1 Å². The predicted octanol–water partition coefficient (Wildman–Crippen LogP) is 1.76. The average molecular weight is 272 g/mol. The van der Waals surface area contributed by atoms with E-state index in [-0.39, 0.29) is 17.9 Å². The number of rotatable bonds is 8. The van der Waals surface area contributed by atoms with Crippen LogP contribution in [0.25, 0.3) is 0 Å². The van der Waals surface area contributed by atoms with Crippen LogP contribution in [0.4, 0.5) is 0 Å². The lowest BCUT2D eigenvalue weighted by atomic mass is 9.84. The Morgan fingerprint density at radius 3 is 2.32 bits per heavy atom. The van der Waals surface area contributed by atoms with Gasteiger partial charge in [-0.25, -0.2) is 0 Å². The number of hydrogen-bond donors (Lipinski definition) is 3. The van der Waals surface area contributed by atoms with Gasteiger partial charge in [0, 0.05) is 6.54 Å². The molecule has 19 heavy (non-hydrogen) atoms. The number of amides is 1. The third kappa shape index (κ3) is 8.59. The summed E-state index contributed by atoms with van der Waals surface area (Å²) in [6.07, 6.45) is 3.05. The standard InChI is InChI=1S/C14H28N2O3/c1-5-6-7-11(15)12(17)16-9-10(13(18)19)8-14(2,3)4/h10-11H,5-9,15H2,1-4H3,(H,16,17)(H,18,19). The highest BCUT2D eigenvalue weighted by Gasteiger charge is 2.25. The van der Waals surface area contributed by atoms with Crippen LogP contribution in [0.3, 0.4) is 0 Å². The van der Waals surface area contributed by atoms with Gasteiger partial charge in [0.05, 0.1) is 12.0 Å². The van der Waals surface area contributed by atoms with E-state index in [2.05, 4.69) is 5.32 Å². The molecule has 1 amide bonds. The molecule has 0 fully saturated rings. The van der Waals surface area contributed by atoms with E-state index in [1.54, 1.807) is 0 Å². The molecule has 0 bridgehead atoms. The van der Waals surface area contributed by atoms with E-state index >= 15 is 0 Å². The summed E-state index contributed by atoms with van der Waals surface area (Å²) in [5.41, 5.74) is 5.65. The summed E-state index contributed by atoms with van der Waals surface area (Å²) in [5, 5.41) is 11.8. The maximum absolute atomic E-state index is 11.7. The molecular weight excluding hydrogens is 244 g/mol. The first-order chi connectivity index (χ1) is 8.67. The lowest BCUT2D eigenvalue weighted by Gasteiger charge is -2.24. The Hall–Kier alpha value is -1.10. The van der Waals surface area contributed by atoms with Gasteiger partial charge in [0.2, 0.25) is 5.91 Å². The highest BCUT2D eigenvalue weighted by Crippen LogP contribution is 2.24. The van der Waals surface area contributed by atoms with Gasteiger partial charge in [-0.2, -0.15) is 0 Å². The van der Waals surface area contributed by atoms with Crippen LogP contribution in [-0.2, 0) is 9.59 Å². The van der Waals surface area contributed by atoms with Gasteiger partial charge in [-0.3, -0.25) is 9.59 Å². The van der Waals surface area contributed by atoms with Gasteiger partial charge < -0.3 is 16.2 Å². The number of unbranched alkanes of at least 4 members (excludes halogenated alkanes) is 1. The number of nitrogens with two attached hydrogens (primary N) is 1. The largest absolute Gasteiger partial charge is 0.481 e. The molecule has 2 atom stereocenters. The Morgan fingerprint density at radius 2 is 1.89 bits per heavy atom. The Labute approximate surface area is 115 Å². The lowest BCUT2D eigenvalue weighted by molar-refractivity contribution is -0.142. The highest BCUT2D eigenvalue weighted by molar-refractivity contribution is 5.82. The molecule has 5 heteroatoms. The zero-order chi connectivity index (χ0) is 15.1. The van der Waals surface area contributed by atoms with Gasteiger partial charge in [-0.05, 0) is 18.3 Å². The topological polar surface area (TPSA) is 92.4 Å². The van der Waals surface area contributed by atoms with E-state index in [1.807, 2.05) is 27.7 Å². The minimum Gasteiger partial charge on any atom is -0.481 e. The fraction of sp³-hybridized carbons (Fsp3) is 0.857. The number of carbonyl (C=O) groups is 2. The molecule has 2 unspecified atom stereocenters. The lowest BCUT2D eigenvalue weighted by Crippen LogP contribution is -2.44. The van der Waals surface area contributed by atoms with Crippen molar-refractivity contribution in [3.8, 4) is 0 Å². The van der Waals surface area contributed by atoms with Gasteiger partial charge in [-0.15, -0.1) is 0 Å². The van der Waals surface area contributed by atoms with E-state index in [0.29, 0.717) is 12.8 Å². The second-order valence-electron chi connectivity index (χ2n) is 6.29. The molecule has 0 aromatic rings. The van der Waals surface area contributed by atoms with Crippen molar-refractivity contribution in [3.63, 3.8) is 0 Å². The third-order valence-corrected chi connectivity index (χ3v) is 2.94. The maximum Gasteiger partial charge on any atom is 0.308 e. The molecule has 0 radical (unpaired) electrons. The van der Waals surface area contributed by atoms with Crippen molar-refractivity contribution in [2.75, 3.05) is 6.54 Å². The van der Waals surface area contributed by atoms with E-state index in [1.165, 1.54) is 0 Å². The Morgan fingerprint density at radius 1 is 1.32 bits per heavy atom. The zero-order valence-electron chi connectivity index (χ0n) is 12.5. The first-order valence-corrected chi connectivity index (χ1v) is 6.93. The molecule has 0 saturated heterocycles. The van der Waals surface area contributed by atoms with Gasteiger partial charge in [-0.1, -0.05) is 40.5 Å². The Balaban J connectivity index is 4.25. The fourth-order valence-electron chi connectivity index (χ4n) is 1.90. The van der Waals surface area contributed by atoms with Crippen molar-refractivity contribution >= 4 is 11.9 Å². The van der Waals surface area contributed by atoms with Crippen LogP contribution in [0.5, 0.6) is 0 Å². The number of hydrogen-bond acceptors (Lipinski definition) is 3. The van der Waals surface area contributed by atoms with Gasteiger partial charge in [0.15, 0.2) is 0 Å². The van der Waals surface area contributed by atoms with Gasteiger partial charge in [0.25, 0.3) is 0 Å². The molecule has 0 saturated carbocycles. The van der Waals surface area contributed by atoms with Gasteiger partial charge >= 0.3 is 5.97 Å². The number of aliphatic carboxylic acids is 1. The Kier molecular flexibility index (Phi) is 7.68.